The number of aliphatic carboxylic acids is 1. The van der Waals surface area contributed by atoms with Gasteiger partial charge in [0.2, 0.25) is 0 Å². The molecule has 3 rings (SSSR count). The van der Waals surface area contributed by atoms with Crippen LogP contribution < -0.4 is 10.5 Å². The van der Waals surface area contributed by atoms with Crippen molar-refractivity contribution in [3.05, 3.63) is 39.9 Å². The predicted molar refractivity (Wildman–Crippen MR) is 85.6 cm³/mol. The molecule has 0 bridgehead atoms. The van der Waals surface area contributed by atoms with E-state index in [0.717, 1.165) is 6.42 Å². The molecule has 2 aromatic heterocycles. The molecule has 1 saturated heterocycles. The minimum atomic E-state index is -0.825. The van der Waals surface area contributed by atoms with E-state index in [0.29, 0.717) is 41.4 Å². The van der Waals surface area contributed by atoms with Crippen LogP contribution in [0.15, 0.2) is 23.1 Å². The largest absolute Gasteiger partial charge is 0.480 e. The molecule has 0 radical (unpaired) electrons. The number of anilines is 1. The lowest BCUT2D eigenvalue weighted by molar-refractivity contribution is -0.138. The van der Waals surface area contributed by atoms with Crippen molar-refractivity contribution in [2.75, 3.05) is 11.4 Å². The second kappa shape index (κ2) is 5.83. The normalized spacial score (nSPS) is 17.5. The topological polar surface area (TPSA) is 99.2 Å². The van der Waals surface area contributed by atoms with Crippen molar-refractivity contribution < 1.29 is 9.90 Å². The van der Waals surface area contributed by atoms with Gasteiger partial charge in [-0.2, -0.15) is 0 Å². The van der Waals surface area contributed by atoms with Crippen molar-refractivity contribution in [3.63, 3.8) is 0 Å². The number of carbonyl (C=O) groups is 1. The number of aryl methyl sites for hydroxylation is 1. The highest BCUT2D eigenvalue weighted by atomic mass is 16.4. The van der Waals surface area contributed by atoms with Crippen LogP contribution in [0.3, 0.4) is 0 Å². The van der Waals surface area contributed by atoms with Gasteiger partial charge in [0.25, 0.3) is 5.56 Å². The molecule has 2 aromatic rings. The lowest BCUT2D eigenvalue weighted by Gasteiger charge is -2.22. The molecular weight excluding hydrogens is 296 g/mol. The van der Waals surface area contributed by atoms with Crippen LogP contribution in [-0.4, -0.2) is 38.6 Å². The van der Waals surface area contributed by atoms with Gasteiger partial charge in [-0.15, -0.1) is 0 Å². The minimum Gasteiger partial charge on any atom is -0.480 e. The van der Waals surface area contributed by atoms with Gasteiger partial charge >= 0.3 is 5.97 Å². The Labute approximate surface area is 133 Å². The molecule has 1 aliphatic rings. The molecule has 120 valence electrons. The first-order valence-corrected chi connectivity index (χ1v) is 7.51. The number of carboxylic acids is 1. The van der Waals surface area contributed by atoms with Crippen molar-refractivity contribution >= 4 is 11.8 Å². The van der Waals surface area contributed by atoms with Gasteiger partial charge in [-0.05, 0) is 38.8 Å². The summed E-state index contributed by atoms with van der Waals surface area (Å²) in [6.45, 7) is 4.20. The lowest BCUT2D eigenvalue weighted by Crippen LogP contribution is -2.36. The van der Waals surface area contributed by atoms with Gasteiger partial charge in [0.15, 0.2) is 0 Å². The van der Waals surface area contributed by atoms with E-state index in [9.17, 15) is 14.7 Å². The quantitative estimate of drug-likeness (QED) is 0.890. The maximum Gasteiger partial charge on any atom is 0.326 e. The van der Waals surface area contributed by atoms with Crippen LogP contribution in [0.2, 0.25) is 0 Å². The second-order valence-corrected chi connectivity index (χ2v) is 5.72. The first-order valence-electron chi connectivity index (χ1n) is 7.51. The average Bonchev–Trinajstić information content (AvgIpc) is 3.02. The number of hydrogen-bond donors (Lipinski definition) is 2. The summed E-state index contributed by atoms with van der Waals surface area (Å²) in [4.78, 5) is 36.4. The van der Waals surface area contributed by atoms with Gasteiger partial charge in [-0.25, -0.2) is 14.8 Å². The van der Waals surface area contributed by atoms with Crippen LogP contribution in [0.25, 0.3) is 11.4 Å². The van der Waals surface area contributed by atoms with Crippen molar-refractivity contribution in [2.45, 2.75) is 32.7 Å². The van der Waals surface area contributed by atoms with Crippen molar-refractivity contribution in [1.29, 1.82) is 0 Å². The Morgan fingerprint density at radius 1 is 1.39 bits per heavy atom. The first kappa shape index (κ1) is 15.2. The molecule has 0 spiro atoms. The fraction of sp³-hybridized carbons (Fsp3) is 0.375. The molecule has 7 nitrogen and oxygen atoms in total. The summed E-state index contributed by atoms with van der Waals surface area (Å²) >= 11 is 0. The van der Waals surface area contributed by atoms with Gasteiger partial charge in [-0.3, -0.25) is 4.79 Å². The summed E-state index contributed by atoms with van der Waals surface area (Å²) in [5.74, 6) is 0.270. The van der Waals surface area contributed by atoms with Gasteiger partial charge in [0.1, 0.15) is 17.7 Å². The third-order valence-corrected chi connectivity index (χ3v) is 4.25. The maximum absolute atomic E-state index is 11.8. The molecule has 1 fully saturated rings. The second-order valence-electron chi connectivity index (χ2n) is 5.72. The number of nitrogens with one attached hydrogen (secondary N) is 1. The number of nitrogens with zero attached hydrogens (tertiary/aromatic N) is 3. The summed E-state index contributed by atoms with van der Waals surface area (Å²) in [7, 11) is 0. The Bertz CT molecular complexity index is 798. The Morgan fingerprint density at radius 2 is 2.17 bits per heavy atom. The van der Waals surface area contributed by atoms with E-state index in [1.807, 2.05) is 0 Å². The lowest BCUT2D eigenvalue weighted by atomic mass is 10.2. The van der Waals surface area contributed by atoms with Crippen LogP contribution in [0.5, 0.6) is 0 Å². The Hall–Kier alpha value is -2.70. The van der Waals surface area contributed by atoms with Gasteiger partial charge in [-0.1, -0.05) is 0 Å². The number of rotatable bonds is 3. The van der Waals surface area contributed by atoms with Crippen molar-refractivity contribution in [1.82, 2.24) is 15.0 Å². The summed E-state index contributed by atoms with van der Waals surface area (Å²) in [6, 6.07) is 3.05. The van der Waals surface area contributed by atoms with Gasteiger partial charge in [0, 0.05) is 29.6 Å². The maximum atomic E-state index is 11.8. The highest BCUT2D eigenvalue weighted by Gasteiger charge is 2.31. The molecule has 0 saturated carbocycles. The Balaban J connectivity index is 1.91. The monoisotopic (exact) mass is 314 g/mol. The summed E-state index contributed by atoms with van der Waals surface area (Å²) < 4.78 is 0. The van der Waals surface area contributed by atoms with Crippen molar-refractivity contribution in [2.24, 2.45) is 0 Å². The van der Waals surface area contributed by atoms with Crippen LogP contribution in [0, 0.1) is 13.8 Å². The fourth-order valence-corrected chi connectivity index (χ4v) is 2.78. The fourth-order valence-electron chi connectivity index (χ4n) is 2.78. The predicted octanol–water partition coefficient (Wildman–Crippen LogP) is 1.50. The minimum absolute atomic E-state index is 0.165. The van der Waals surface area contributed by atoms with Crippen molar-refractivity contribution in [3.8, 4) is 11.4 Å². The summed E-state index contributed by atoms with van der Waals surface area (Å²) in [6.07, 6.45) is 3.08. The summed E-state index contributed by atoms with van der Waals surface area (Å²) in [5.41, 5.74) is 1.81. The average molecular weight is 314 g/mol. The highest BCUT2D eigenvalue weighted by molar-refractivity contribution is 5.78. The molecule has 0 aromatic carbocycles. The molecule has 0 unspecified atom stereocenters. The zero-order valence-corrected chi connectivity index (χ0v) is 13.0. The van der Waals surface area contributed by atoms with E-state index in [2.05, 4.69) is 15.0 Å². The number of carboxylic acid groups (broad SMARTS) is 1. The molecular formula is C16H18N4O3. The van der Waals surface area contributed by atoms with E-state index < -0.39 is 12.0 Å². The Morgan fingerprint density at radius 3 is 2.78 bits per heavy atom. The number of pyridine rings is 1. The molecule has 1 aliphatic heterocycles. The van der Waals surface area contributed by atoms with E-state index in [-0.39, 0.29) is 5.56 Å². The van der Waals surface area contributed by atoms with E-state index in [1.165, 1.54) is 0 Å². The molecule has 1 atom stereocenters. The molecule has 0 aliphatic carbocycles. The zero-order valence-electron chi connectivity index (χ0n) is 13.0. The third-order valence-electron chi connectivity index (χ3n) is 4.25. The third kappa shape index (κ3) is 2.81. The molecule has 3 heterocycles. The standard InChI is InChI=1S/C16H18N4O3/c1-9-10(2)18-14(19-15(9)21)11-5-6-13(17-8-11)20-7-3-4-12(20)16(22)23/h5-6,8,12H,3-4,7H2,1-2H3,(H,22,23)(H,18,19,21)/t12-/m1/s1. The first-order chi connectivity index (χ1) is 11.0. The van der Waals surface area contributed by atoms with Crippen LogP contribution in [0.4, 0.5) is 5.82 Å². The van der Waals surface area contributed by atoms with E-state index in [1.54, 1.807) is 37.1 Å². The number of aromatic amines is 1. The van der Waals surface area contributed by atoms with Crippen LogP contribution in [0.1, 0.15) is 24.1 Å². The molecule has 2 N–H and O–H groups in total. The highest BCUT2D eigenvalue weighted by Crippen LogP contribution is 2.25. The number of aromatic nitrogens is 3. The molecule has 7 heteroatoms. The van der Waals surface area contributed by atoms with Gasteiger partial charge in [0.05, 0.1) is 0 Å². The SMILES string of the molecule is Cc1nc(-c2ccc(N3CCC[C@@H]3C(=O)O)nc2)[nH]c(=O)c1C. The molecule has 0 amide bonds. The Kier molecular flexibility index (Phi) is 3.85. The number of H-pyrrole nitrogens is 1. The smallest absolute Gasteiger partial charge is 0.326 e. The van der Waals surface area contributed by atoms with Gasteiger partial charge < -0.3 is 15.0 Å². The van der Waals surface area contributed by atoms with E-state index >= 15 is 0 Å². The molecule has 23 heavy (non-hydrogen) atoms. The van der Waals surface area contributed by atoms with Crippen LogP contribution >= 0.6 is 0 Å². The van der Waals surface area contributed by atoms with E-state index in [4.69, 9.17) is 0 Å². The summed E-state index contributed by atoms with van der Waals surface area (Å²) in [5, 5.41) is 9.25. The zero-order chi connectivity index (χ0) is 16.6. The van der Waals surface area contributed by atoms with Crippen LogP contribution in [-0.2, 0) is 4.79 Å². The number of hydrogen-bond acceptors (Lipinski definition) is 5.